The van der Waals surface area contributed by atoms with Crippen LogP contribution in [0.3, 0.4) is 0 Å². The Morgan fingerprint density at radius 1 is 0.944 bits per heavy atom. The van der Waals surface area contributed by atoms with Crippen molar-refractivity contribution in [3.63, 3.8) is 0 Å². The maximum atomic E-state index is 6.18. The number of piperidine rings is 1. The van der Waals surface area contributed by atoms with Crippen molar-refractivity contribution in [1.82, 2.24) is 14.9 Å². The first kappa shape index (κ1) is 26.7. The first-order valence-corrected chi connectivity index (χ1v) is 14.1. The second-order valence-electron chi connectivity index (χ2n) is 9.64. The topological polar surface area (TPSA) is 59.5 Å². The number of aromatic nitrogens is 2. The van der Waals surface area contributed by atoms with Gasteiger partial charge in [0, 0.05) is 22.5 Å². The van der Waals surface area contributed by atoms with Gasteiger partial charge < -0.3 is 19.7 Å². The van der Waals surface area contributed by atoms with Gasteiger partial charge in [0.15, 0.2) is 11.5 Å². The minimum Gasteiger partial charge on any atom is -0.493 e. The maximum Gasteiger partial charge on any atom is 0.162 e. The van der Waals surface area contributed by atoms with Crippen LogP contribution in [0.5, 0.6) is 11.5 Å². The molecule has 1 fully saturated rings. The van der Waals surface area contributed by atoms with Crippen molar-refractivity contribution in [2.45, 2.75) is 64.8 Å². The van der Waals surface area contributed by atoms with Crippen molar-refractivity contribution < 1.29 is 9.47 Å². The molecule has 1 aliphatic heterocycles. The van der Waals surface area contributed by atoms with E-state index in [9.17, 15) is 0 Å². The van der Waals surface area contributed by atoms with Crippen LogP contribution in [0.4, 0.5) is 5.82 Å². The smallest absolute Gasteiger partial charge is 0.162 e. The number of hydrogen-bond acceptors (Lipinski definition) is 6. The van der Waals surface area contributed by atoms with Gasteiger partial charge in [0.05, 0.1) is 19.2 Å². The van der Waals surface area contributed by atoms with Crippen LogP contribution in [0.2, 0.25) is 0 Å². The highest BCUT2D eigenvalue weighted by Gasteiger charge is 2.13. The van der Waals surface area contributed by atoms with Crippen molar-refractivity contribution in [2.24, 2.45) is 0 Å². The molecule has 0 amide bonds. The third kappa shape index (κ3) is 7.81. The number of ether oxygens (including phenoxy) is 2. The summed E-state index contributed by atoms with van der Waals surface area (Å²) in [6.07, 6.45) is 10.3. The Kier molecular flexibility index (Phi) is 10.2. The molecule has 0 spiro atoms. The SMILES string of the molecule is COc1cc2nc(C)nc(NCc3cccc(Br)c3)c2cc1OCCCCCCCN1CCCCC1. The molecule has 1 N–H and O–H groups in total. The number of halogens is 1. The summed E-state index contributed by atoms with van der Waals surface area (Å²) in [6.45, 7) is 7.13. The van der Waals surface area contributed by atoms with Crippen molar-refractivity contribution in [1.29, 1.82) is 0 Å². The van der Waals surface area contributed by atoms with E-state index in [-0.39, 0.29) is 0 Å². The van der Waals surface area contributed by atoms with E-state index in [2.05, 4.69) is 48.2 Å². The molecule has 0 unspecified atom stereocenters. The molecule has 0 radical (unpaired) electrons. The number of fused-ring (bicyclic) bond motifs is 1. The number of nitrogens with zero attached hydrogens (tertiary/aromatic N) is 3. The number of rotatable bonds is 13. The van der Waals surface area contributed by atoms with E-state index in [1.54, 1.807) is 7.11 Å². The van der Waals surface area contributed by atoms with Gasteiger partial charge in [-0.25, -0.2) is 9.97 Å². The Morgan fingerprint density at radius 3 is 2.56 bits per heavy atom. The van der Waals surface area contributed by atoms with Gasteiger partial charge in [-0.15, -0.1) is 0 Å². The van der Waals surface area contributed by atoms with E-state index in [0.29, 0.717) is 18.9 Å². The quantitative estimate of drug-likeness (QED) is 0.226. The van der Waals surface area contributed by atoms with Crippen LogP contribution < -0.4 is 14.8 Å². The molecule has 7 heteroatoms. The Bertz CT molecular complexity index is 1120. The van der Waals surface area contributed by atoms with Crippen LogP contribution >= 0.6 is 15.9 Å². The summed E-state index contributed by atoms with van der Waals surface area (Å²) in [7, 11) is 1.68. The van der Waals surface area contributed by atoms with Gasteiger partial charge in [-0.2, -0.15) is 0 Å². The van der Waals surface area contributed by atoms with E-state index >= 15 is 0 Å². The average Bonchev–Trinajstić information content (AvgIpc) is 2.89. The number of nitrogens with one attached hydrogen (secondary N) is 1. The zero-order chi connectivity index (χ0) is 25.2. The molecule has 0 aliphatic carbocycles. The van der Waals surface area contributed by atoms with Gasteiger partial charge >= 0.3 is 0 Å². The van der Waals surface area contributed by atoms with Crippen molar-refractivity contribution in [3.05, 3.63) is 52.3 Å². The molecule has 4 rings (SSSR count). The number of aryl methyl sites for hydroxylation is 1. The van der Waals surface area contributed by atoms with E-state index in [4.69, 9.17) is 9.47 Å². The fourth-order valence-electron chi connectivity index (χ4n) is 4.83. The largest absolute Gasteiger partial charge is 0.493 e. The summed E-state index contributed by atoms with van der Waals surface area (Å²) in [5, 5.41) is 4.42. The molecule has 1 aliphatic rings. The number of hydrogen-bond donors (Lipinski definition) is 1. The molecule has 36 heavy (non-hydrogen) atoms. The molecule has 0 atom stereocenters. The van der Waals surface area contributed by atoms with Crippen LogP contribution in [-0.2, 0) is 6.54 Å². The second kappa shape index (κ2) is 13.8. The molecular formula is C29H39BrN4O2. The monoisotopic (exact) mass is 554 g/mol. The molecule has 2 heterocycles. The molecular weight excluding hydrogens is 516 g/mol. The summed E-state index contributed by atoms with van der Waals surface area (Å²) in [5.41, 5.74) is 2.02. The summed E-state index contributed by atoms with van der Waals surface area (Å²) < 4.78 is 12.9. The second-order valence-corrected chi connectivity index (χ2v) is 10.6. The molecule has 6 nitrogen and oxygen atoms in total. The number of anilines is 1. The van der Waals surface area contributed by atoms with Gasteiger partial charge in [0.2, 0.25) is 0 Å². The lowest BCUT2D eigenvalue weighted by Crippen LogP contribution is -2.30. The number of methoxy groups -OCH3 is 1. The number of likely N-dealkylation sites (tertiary alicyclic amines) is 1. The van der Waals surface area contributed by atoms with E-state index in [1.165, 1.54) is 70.1 Å². The maximum absolute atomic E-state index is 6.18. The van der Waals surface area contributed by atoms with Gasteiger partial charge in [-0.05, 0) is 76.0 Å². The zero-order valence-electron chi connectivity index (χ0n) is 21.7. The van der Waals surface area contributed by atoms with Crippen LogP contribution in [0, 0.1) is 6.92 Å². The molecule has 1 saturated heterocycles. The lowest BCUT2D eigenvalue weighted by molar-refractivity contribution is 0.223. The first-order valence-electron chi connectivity index (χ1n) is 13.3. The third-order valence-electron chi connectivity index (χ3n) is 6.77. The number of benzene rings is 2. The highest BCUT2D eigenvalue weighted by molar-refractivity contribution is 9.10. The van der Waals surface area contributed by atoms with Crippen molar-refractivity contribution in [2.75, 3.05) is 38.7 Å². The highest BCUT2D eigenvalue weighted by atomic mass is 79.9. The molecule has 0 bridgehead atoms. The summed E-state index contributed by atoms with van der Waals surface area (Å²) in [4.78, 5) is 11.9. The fourth-order valence-corrected chi connectivity index (χ4v) is 5.27. The van der Waals surface area contributed by atoms with Crippen molar-refractivity contribution >= 4 is 32.7 Å². The van der Waals surface area contributed by atoms with Crippen LogP contribution in [0.25, 0.3) is 10.9 Å². The summed E-state index contributed by atoms with van der Waals surface area (Å²) in [6, 6.07) is 12.2. The van der Waals surface area contributed by atoms with E-state index < -0.39 is 0 Å². The summed E-state index contributed by atoms with van der Waals surface area (Å²) in [5.74, 6) is 2.97. The molecule has 1 aromatic heterocycles. The normalized spacial score (nSPS) is 14.2. The van der Waals surface area contributed by atoms with Gasteiger partial charge in [-0.3, -0.25) is 0 Å². The molecule has 3 aromatic rings. The van der Waals surface area contributed by atoms with E-state index in [0.717, 1.165) is 39.2 Å². The first-order chi connectivity index (χ1) is 17.6. The summed E-state index contributed by atoms with van der Waals surface area (Å²) >= 11 is 3.54. The Hall–Kier alpha value is -2.38. The molecule has 194 valence electrons. The van der Waals surface area contributed by atoms with Gasteiger partial charge in [0.25, 0.3) is 0 Å². The van der Waals surface area contributed by atoms with Crippen molar-refractivity contribution in [3.8, 4) is 11.5 Å². The third-order valence-corrected chi connectivity index (χ3v) is 7.26. The molecule has 0 saturated carbocycles. The van der Waals surface area contributed by atoms with Crippen LogP contribution in [0.1, 0.15) is 62.8 Å². The average molecular weight is 556 g/mol. The van der Waals surface area contributed by atoms with E-state index in [1.807, 2.05) is 31.2 Å². The zero-order valence-corrected chi connectivity index (χ0v) is 23.3. The van der Waals surface area contributed by atoms with Crippen LogP contribution in [0.15, 0.2) is 40.9 Å². The fraction of sp³-hybridized carbons (Fsp3) is 0.517. The molecule has 2 aromatic carbocycles. The minimum absolute atomic E-state index is 0.672. The minimum atomic E-state index is 0.672. The Morgan fingerprint density at radius 2 is 1.75 bits per heavy atom. The van der Waals surface area contributed by atoms with Gasteiger partial charge in [-0.1, -0.05) is 53.7 Å². The predicted octanol–water partition coefficient (Wildman–Crippen LogP) is 7.14. The Labute approximate surface area is 223 Å². The predicted molar refractivity (Wildman–Crippen MR) is 151 cm³/mol. The van der Waals surface area contributed by atoms with Crippen LogP contribution in [-0.4, -0.2) is 48.2 Å². The highest BCUT2D eigenvalue weighted by Crippen LogP contribution is 2.34. The Balaban J connectivity index is 1.31. The number of unbranched alkanes of at least 4 members (excludes halogenated alkanes) is 4. The lowest BCUT2D eigenvalue weighted by atomic mass is 10.1. The standard InChI is InChI=1S/C29H39BrN4O2/c1-22-32-26-20-27(35-2)28(36-17-10-5-3-4-7-14-34-15-8-6-9-16-34)19-25(26)29(33-22)31-21-23-12-11-13-24(30)18-23/h11-13,18-20H,3-10,14-17,21H2,1-2H3,(H,31,32,33). The van der Waals surface area contributed by atoms with Gasteiger partial charge in [0.1, 0.15) is 11.6 Å². The lowest BCUT2D eigenvalue weighted by Gasteiger charge is -2.26.